The van der Waals surface area contributed by atoms with Crippen molar-refractivity contribution >= 4 is 15.9 Å². The molecule has 0 aliphatic carbocycles. The number of hydrogen-bond acceptors (Lipinski definition) is 0. The zero-order valence-corrected chi connectivity index (χ0v) is 14.3. The highest BCUT2D eigenvalue weighted by molar-refractivity contribution is 9.09. The van der Waals surface area contributed by atoms with E-state index in [9.17, 15) is 0 Å². The van der Waals surface area contributed by atoms with E-state index in [1.165, 1.54) is 76.0 Å². The number of alkyl halides is 1. The van der Waals surface area contributed by atoms with Crippen LogP contribution in [-0.4, -0.2) is 5.33 Å². The van der Waals surface area contributed by atoms with Crippen molar-refractivity contribution in [2.75, 3.05) is 5.33 Å². The molecule has 0 rings (SSSR count). The van der Waals surface area contributed by atoms with Crippen LogP contribution in [0.4, 0.5) is 0 Å². The maximum Gasteiger partial charge on any atom is 0.00922 e. The molecule has 0 aromatic rings. The summed E-state index contributed by atoms with van der Waals surface area (Å²) in [7, 11) is 0. The molecule has 0 nitrogen and oxygen atoms in total. The normalized spacial score (nSPS) is 10.6. The molecule has 0 N–H and O–H groups in total. The lowest BCUT2D eigenvalue weighted by Crippen LogP contribution is -1.81. The molecular weight excluding hydrogens is 296 g/mol. The fourth-order valence-corrected chi connectivity index (χ4v) is 2.36. The lowest BCUT2D eigenvalue weighted by molar-refractivity contribution is 0.580. The lowest BCUT2D eigenvalue weighted by atomic mass is 10.1. The first-order valence-electron chi connectivity index (χ1n) is 8.11. The van der Waals surface area contributed by atoms with Crippen molar-refractivity contribution < 1.29 is 0 Å². The summed E-state index contributed by atoms with van der Waals surface area (Å²) in [5.74, 6) is 6.37. The van der Waals surface area contributed by atoms with Crippen molar-refractivity contribution in [1.82, 2.24) is 0 Å². The van der Waals surface area contributed by atoms with Crippen LogP contribution in [0.15, 0.2) is 12.2 Å². The molecule has 0 fully saturated rings. The van der Waals surface area contributed by atoms with Crippen LogP contribution in [0.1, 0.15) is 84.0 Å². The van der Waals surface area contributed by atoms with Gasteiger partial charge in [0.25, 0.3) is 0 Å². The molecule has 0 amide bonds. The van der Waals surface area contributed by atoms with Crippen molar-refractivity contribution in [3.05, 3.63) is 12.2 Å². The van der Waals surface area contributed by atoms with E-state index in [0.29, 0.717) is 0 Å². The first-order chi connectivity index (χ1) is 9.41. The van der Waals surface area contributed by atoms with Gasteiger partial charge in [0.1, 0.15) is 0 Å². The Morgan fingerprint density at radius 2 is 1.47 bits per heavy atom. The van der Waals surface area contributed by atoms with Gasteiger partial charge < -0.3 is 0 Å². The van der Waals surface area contributed by atoms with E-state index < -0.39 is 0 Å². The Morgan fingerprint density at radius 3 is 2.11 bits per heavy atom. The first kappa shape index (κ1) is 18.8. The van der Waals surface area contributed by atoms with Gasteiger partial charge in [-0.05, 0) is 25.3 Å². The molecule has 19 heavy (non-hydrogen) atoms. The van der Waals surface area contributed by atoms with Crippen LogP contribution in [0, 0.1) is 11.8 Å². The molecule has 0 saturated heterocycles. The minimum atomic E-state index is 1.07. The van der Waals surface area contributed by atoms with E-state index in [0.717, 1.165) is 6.42 Å². The third kappa shape index (κ3) is 17.8. The van der Waals surface area contributed by atoms with Gasteiger partial charge in [0.2, 0.25) is 0 Å². The van der Waals surface area contributed by atoms with Crippen molar-refractivity contribution in [2.45, 2.75) is 84.0 Å². The summed E-state index contributed by atoms with van der Waals surface area (Å²) in [6.07, 6.45) is 20.0. The Balaban J connectivity index is 3.14. The second-order valence-electron chi connectivity index (χ2n) is 5.13. The van der Waals surface area contributed by atoms with E-state index in [-0.39, 0.29) is 0 Å². The van der Waals surface area contributed by atoms with Crippen molar-refractivity contribution in [2.24, 2.45) is 0 Å². The number of allylic oxidation sites excluding steroid dienone is 2. The largest absolute Gasteiger partial charge is 0.0985 e. The number of halogens is 1. The summed E-state index contributed by atoms with van der Waals surface area (Å²) >= 11 is 3.47. The van der Waals surface area contributed by atoms with Crippen LogP contribution >= 0.6 is 15.9 Å². The zero-order chi connectivity index (χ0) is 14.0. The Morgan fingerprint density at radius 1 is 0.842 bits per heavy atom. The Bertz CT molecular complexity index is 244. The number of rotatable bonds is 12. The van der Waals surface area contributed by atoms with Gasteiger partial charge in [-0.15, -0.1) is 0 Å². The fraction of sp³-hybridized carbons (Fsp3) is 0.778. The minimum absolute atomic E-state index is 1.07. The molecule has 0 bridgehead atoms. The van der Waals surface area contributed by atoms with E-state index in [1.54, 1.807) is 0 Å². The average Bonchev–Trinajstić information content (AvgIpc) is 2.43. The Kier molecular flexibility index (Phi) is 17.6. The average molecular weight is 327 g/mol. The van der Waals surface area contributed by atoms with E-state index in [2.05, 4.69) is 40.8 Å². The molecule has 110 valence electrons. The molecule has 0 heterocycles. The van der Waals surface area contributed by atoms with Gasteiger partial charge in [-0.1, -0.05) is 92.1 Å². The third-order valence-electron chi connectivity index (χ3n) is 3.21. The smallest absolute Gasteiger partial charge is 0.00922 e. The number of hydrogen-bond donors (Lipinski definition) is 0. The quantitative estimate of drug-likeness (QED) is 0.214. The van der Waals surface area contributed by atoms with Gasteiger partial charge in [-0.25, -0.2) is 0 Å². The highest BCUT2D eigenvalue weighted by atomic mass is 79.9. The SMILES string of the molecule is CCCCC=CC#CCCCCCCCCCCBr. The Hall–Kier alpha value is -0.220. The molecular formula is C18H31Br. The van der Waals surface area contributed by atoms with Gasteiger partial charge in [-0.3, -0.25) is 0 Å². The maximum atomic E-state index is 3.47. The number of unbranched alkanes of at least 4 members (excludes halogenated alkanes) is 10. The molecule has 0 radical (unpaired) electrons. The second kappa shape index (κ2) is 17.8. The molecule has 0 saturated carbocycles. The maximum absolute atomic E-state index is 3.47. The zero-order valence-electron chi connectivity index (χ0n) is 12.7. The molecule has 1 heteroatoms. The van der Waals surface area contributed by atoms with Gasteiger partial charge in [0.15, 0.2) is 0 Å². The van der Waals surface area contributed by atoms with Crippen LogP contribution in [0.5, 0.6) is 0 Å². The molecule has 0 aliphatic heterocycles. The monoisotopic (exact) mass is 326 g/mol. The second-order valence-corrected chi connectivity index (χ2v) is 5.93. The van der Waals surface area contributed by atoms with Gasteiger partial charge >= 0.3 is 0 Å². The summed E-state index contributed by atoms with van der Waals surface area (Å²) in [5, 5.41) is 1.17. The Labute approximate surface area is 129 Å². The first-order valence-corrected chi connectivity index (χ1v) is 9.23. The summed E-state index contributed by atoms with van der Waals surface area (Å²) in [6.45, 7) is 2.22. The lowest BCUT2D eigenvalue weighted by Gasteiger charge is -1.99. The van der Waals surface area contributed by atoms with Crippen molar-refractivity contribution in [3.63, 3.8) is 0 Å². The highest BCUT2D eigenvalue weighted by Gasteiger charge is 1.91. The minimum Gasteiger partial charge on any atom is -0.0985 e. The summed E-state index contributed by atoms with van der Waals surface area (Å²) in [5.41, 5.74) is 0. The summed E-state index contributed by atoms with van der Waals surface area (Å²) < 4.78 is 0. The standard InChI is InChI=1S/C18H31Br/c1-2-3-4-5-6-7-8-9-10-11-12-13-14-15-16-17-18-19/h5-6H,2-4,9-18H2,1H3. The highest BCUT2D eigenvalue weighted by Crippen LogP contribution is 2.09. The molecule has 0 aromatic heterocycles. The summed E-state index contributed by atoms with van der Waals surface area (Å²) in [6, 6.07) is 0. The van der Waals surface area contributed by atoms with E-state index in [4.69, 9.17) is 0 Å². The van der Waals surface area contributed by atoms with Crippen LogP contribution in [-0.2, 0) is 0 Å². The molecule has 0 aliphatic rings. The van der Waals surface area contributed by atoms with E-state index >= 15 is 0 Å². The topological polar surface area (TPSA) is 0 Å². The third-order valence-corrected chi connectivity index (χ3v) is 3.77. The fourth-order valence-electron chi connectivity index (χ4n) is 1.96. The molecule has 0 unspecified atom stereocenters. The van der Waals surface area contributed by atoms with Crippen LogP contribution in [0.3, 0.4) is 0 Å². The van der Waals surface area contributed by atoms with E-state index in [1.807, 2.05) is 6.08 Å². The van der Waals surface area contributed by atoms with Gasteiger partial charge in [0.05, 0.1) is 0 Å². The van der Waals surface area contributed by atoms with Gasteiger partial charge in [0, 0.05) is 11.8 Å². The van der Waals surface area contributed by atoms with Gasteiger partial charge in [-0.2, -0.15) is 0 Å². The van der Waals surface area contributed by atoms with Crippen molar-refractivity contribution in [1.29, 1.82) is 0 Å². The van der Waals surface area contributed by atoms with Crippen LogP contribution in [0.2, 0.25) is 0 Å². The predicted molar refractivity (Wildman–Crippen MR) is 91.8 cm³/mol. The molecule has 0 atom stereocenters. The molecule has 0 spiro atoms. The van der Waals surface area contributed by atoms with Crippen molar-refractivity contribution in [3.8, 4) is 11.8 Å². The molecule has 0 aromatic carbocycles. The summed E-state index contributed by atoms with van der Waals surface area (Å²) in [4.78, 5) is 0. The van der Waals surface area contributed by atoms with Crippen LogP contribution < -0.4 is 0 Å². The predicted octanol–water partition coefficient (Wildman–Crippen LogP) is 6.64. The van der Waals surface area contributed by atoms with Crippen LogP contribution in [0.25, 0.3) is 0 Å².